The molecule has 0 amide bonds. The Hall–Kier alpha value is -2.14. The second kappa shape index (κ2) is 12.7. The molecule has 3 rings (SSSR count). The van der Waals surface area contributed by atoms with Crippen LogP contribution in [-0.4, -0.2) is 43.9 Å². The predicted molar refractivity (Wildman–Crippen MR) is 121 cm³/mol. The zero-order valence-electron chi connectivity index (χ0n) is 18.6. The average molecular weight is 444 g/mol. The molecule has 31 heavy (non-hydrogen) atoms. The lowest BCUT2D eigenvalue weighted by atomic mass is 9.91. The van der Waals surface area contributed by atoms with Crippen LogP contribution in [0.4, 0.5) is 0 Å². The lowest BCUT2D eigenvalue weighted by Gasteiger charge is -2.27. The number of halogens is 1. The van der Waals surface area contributed by atoms with E-state index in [2.05, 4.69) is 68.5 Å². The van der Waals surface area contributed by atoms with Crippen molar-refractivity contribution in [3.8, 4) is 0 Å². The van der Waals surface area contributed by atoms with Gasteiger partial charge in [0.2, 0.25) is 0 Å². The zero-order chi connectivity index (χ0) is 21.3. The van der Waals surface area contributed by atoms with Crippen LogP contribution in [0, 0.1) is 19.8 Å². The molecule has 1 fully saturated rings. The molecule has 2 N–H and O–H groups in total. The summed E-state index contributed by atoms with van der Waals surface area (Å²) in [5.74, 6) is -0.822. The molecule has 0 aliphatic carbocycles. The SMILES string of the molecule is Cc1ccccc1C(=CCOCCC[NH+]1CCCC(C(=O)O)C1)c1ccccc1C.[Cl-]. The number of carboxylic acids is 1. The van der Waals surface area contributed by atoms with Gasteiger partial charge >= 0.3 is 5.97 Å². The van der Waals surface area contributed by atoms with Crippen molar-refractivity contribution in [3.63, 3.8) is 0 Å². The number of aryl methyl sites for hydroxylation is 2. The first-order chi connectivity index (χ1) is 14.6. The van der Waals surface area contributed by atoms with Crippen molar-refractivity contribution in [2.24, 2.45) is 5.92 Å². The topological polar surface area (TPSA) is 51.0 Å². The number of hydrogen-bond donors (Lipinski definition) is 2. The third-order valence-electron chi connectivity index (χ3n) is 6.06. The van der Waals surface area contributed by atoms with Crippen LogP contribution in [0.3, 0.4) is 0 Å². The monoisotopic (exact) mass is 443 g/mol. The first-order valence-electron chi connectivity index (χ1n) is 11.0. The largest absolute Gasteiger partial charge is 1.00 e. The molecule has 1 aliphatic rings. The van der Waals surface area contributed by atoms with E-state index >= 15 is 0 Å². The van der Waals surface area contributed by atoms with Gasteiger partial charge in [-0.15, -0.1) is 0 Å². The molecule has 5 heteroatoms. The van der Waals surface area contributed by atoms with Gasteiger partial charge in [0.25, 0.3) is 0 Å². The number of rotatable bonds is 9. The number of carbonyl (C=O) groups is 1. The van der Waals surface area contributed by atoms with Crippen LogP contribution in [-0.2, 0) is 9.53 Å². The molecule has 4 nitrogen and oxygen atoms in total. The number of piperidine rings is 1. The lowest BCUT2D eigenvalue weighted by molar-refractivity contribution is -0.907. The summed E-state index contributed by atoms with van der Waals surface area (Å²) >= 11 is 0. The molecule has 168 valence electrons. The third-order valence-corrected chi connectivity index (χ3v) is 6.06. The van der Waals surface area contributed by atoms with Crippen molar-refractivity contribution in [1.82, 2.24) is 0 Å². The van der Waals surface area contributed by atoms with Crippen molar-refractivity contribution in [3.05, 3.63) is 76.9 Å². The van der Waals surface area contributed by atoms with Gasteiger partial charge < -0.3 is 27.2 Å². The summed E-state index contributed by atoms with van der Waals surface area (Å²) in [6.45, 7) is 8.38. The number of ether oxygens (including phenoxy) is 1. The molecular formula is C26H34ClNO3. The van der Waals surface area contributed by atoms with E-state index in [1.165, 1.54) is 32.7 Å². The van der Waals surface area contributed by atoms with Gasteiger partial charge in [-0.3, -0.25) is 4.79 Å². The van der Waals surface area contributed by atoms with Crippen molar-refractivity contribution in [2.45, 2.75) is 33.1 Å². The minimum absolute atomic E-state index is 0. The number of aliphatic carboxylic acids is 1. The van der Waals surface area contributed by atoms with Crippen LogP contribution in [0.1, 0.15) is 41.5 Å². The Morgan fingerprint density at radius 3 is 2.29 bits per heavy atom. The van der Waals surface area contributed by atoms with Crippen molar-refractivity contribution >= 4 is 11.5 Å². The van der Waals surface area contributed by atoms with Gasteiger partial charge in [-0.25, -0.2) is 0 Å². The van der Waals surface area contributed by atoms with Crippen LogP contribution in [0.2, 0.25) is 0 Å². The number of nitrogens with one attached hydrogen (secondary N) is 1. The highest BCUT2D eigenvalue weighted by atomic mass is 35.5. The normalized spacial score (nSPS) is 18.1. The number of likely N-dealkylation sites (tertiary alicyclic amines) is 1. The van der Waals surface area contributed by atoms with Gasteiger partial charge in [-0.05, 0) is 54.5 Å². The predicted octanol–water partition coefficient (Wildman–Crippen LogP) is 0.525. The minimum atomic E-state index is -0.645. The zero-order valence-corrected chi connectivity index (χ0v) is 19.3. The third kappa shape index (κ3) is 7.20. The molecule has 0 aromatic heterocycles. The van der Waals surface area contributed by atoms with E-state index in [1.807, 2.05) is 0 Å². The Kier molecular flexibility index (Phi) is 10.3. The van der Waals surface area contributed by atoms with E-state index in [0.717, 1.165) is 38.9 Å². The van der Waals surface area contributed by atoms with Crippen LogP contribution in [0.15, 0.2) is 54.6 Å². The number of carboxylic acid groups (broad SMARTS) is 1. The highest BCUT2D eigenvalue weighted by Gasteiger charge is 2.27. The van der Waals surface area contributed by atoms with Crippen LogP contribution >= 0.6 is 0 Å². The maximum absolute atomic E-state index is 11.2. The minimum Gasteiger partial charge on any atom is -1.00 e. The molecule has 0 saturated carbocycles. The smallest absolute Gasteiger partial charge is 0.312 e. The fourth-order valence-electron chi connectivity index (χ4n) is 4.35. The summed E-state index contributed by atoms with van der Waals surface area (Å²) < 4.78 is 5.95. The van der Waals surface area contributed by atoms with E-state index in [0.29, 0.717) is 13.2 Å². The van der Waals surface area contributed by atoms with E-state index in [1.54, 1.807) is 0 Å². The summed E-state index contributed by atoms with van der Waals surface area (Å²) in [6.07, 6.45) is 4.98. The Balaban J connectivity index is 0.00000341. The second-order valence-electron chi connectivity index (χ2n) is 8.31. The quantitative estimate of drug-likeness (QED) is 0.556. The first kappa shape index (κ1) is 25.1. The standard InChI is InChI=1S/C26H33NO3.ClH/c1-20-9-3-5-12-23(20)25(24-13-6-4-10-21(24)2)14-18-30-17-8-16-27-15-7-11-22(19-27)26(28)29;/h3-6,9-10,12-14,22H,7-8,11,15-19H2,1-2H3,(H,28,29);1H. The molecule has 0 bridgehead atoms. The number of quaternary nitrogens is 1. The van der Waals surface area contributed by atoms with Gasteiger partial charge in [0, 0.05) is 6.42 Å². The summed E-state index contributed by atoms with van der Waals surface area (Å²) in [5.41, 5.74) is 6.22. The fourth-order valence-corrected chi connectivity index (χ4v) is 4.35. The van der Waals surface area contributed by atoms with Crippen LogP contribution in [0.25, 0.3) is 5.57 Å². The highest BCUT2D eigenvalue weighted by molar-refractivity contribution is 5.82. The van der Waals surface area contributed by atoms with E-state index in [-0.39, 0.29) is 18.3 Å². The molecule has 2 aromatic rings. The second-order valence-corrected chi connectivity index (χ2v) is 8.31. The first-order valence-corrected chi connectivity index (χ1v) is 11.0. The van der Waals surface area contributed by atoms with Gasteiger partial charge in [0.05, 0.1) is 32.8 Å². The lowest BCUT2D eigenvalue weighted by Crippen LogP contribution is -3.13. The molecule has 2 aromatic carbocycles. The summed E-state index contributed by atoms with van der Waals surface area (Å²) in [4.78, 5) is 12.6. The van der Waals surface area contributed by atoms with E-state index < -0.39 is 5.97 Å². The highest BCUT2D eigenvalue weighted by Crippen LogP contribution is 2.28. The Bertz CT molecular complexity index is 833. The number of benzene rings is 2. The maximum Gasteiger partial charge on any atom is 0.312 e. The van der Waals surface area contributed by atoms with Crippen LogP contribution in [0.5, 0.6) is 0 Å². The summed E-state index contributed by atoms with van der Waals surface area (Å²) in [5, 5.41) is 9.23. The van der Waals surface area contributed by atoms with Gasteiger partial charge in [-0.1, -0.05) is 54.6 Å². The van der Waals surface area contributed by atoms with Crippen molar-refractivity contribution in [2.75, 3.05) is 32.8 Å². The Labute approximate surface area is 192 Å². The molecule has 1 heterocycles. The van der Waals surface area contributed by atoms with Gasteiger partial charge in [0.15, 0.2) is 0 Å². The summed E-state index contributed by atoms with van der Waals surface area (Å²) in [6, 6.07) is 17.0. The Morgan fingerprint density at radius 1 is 1.10 bits per heavy atom. The average Bonchev–Trinajstić information content (AvgIpc) is 2.75. The van der Waals surface area contributed by atoms with Gasteiger partial charge in [0.1, 0.15) is 5.92 Å². The molecular weight excluding hydrogens is 410 g/mol. The number of hydrogen-bond acceptors (Lipinski definition) is 2. The maximum atomic E-state index is 11.2. The molecule has 2 atom stereocenters. The molecule has 1 aliphatic heterocycles. The van der Waals surface area contributed by atoms with E-state index in [4.69, 9.17) is 4.74 Å². The fraction of sp³-hybridized carbons (Fsp3) is 0.423. The molecule has 2 unspecified atom stereocenters. The molecule has 1 saturated heterocycles. The van der Waals surface area contributed by atoms with Crippen molar-refractivity contribution in [1.29, 1.82) is 0 Å². The van der Waals surface area contributed by atoms with Crippen molar-refractivity contribution < 1.29 is 31.9 Å². The Morgan fingerprint density at radius 2 is 1.71 bits per heavy atom. The molecule has 0 radical (unpaired) electrons. The van der Waals surface area contributed by atoms with Crippen LogP contribution < -0.4 is 17.3 Å². The summed E-state index contributed by atoms with van der Waals surface area (Å²) in [7, 11) is 0. The van der Waals surface area contributed by atoms with E-state index in [9.17, 15) is 9.90 Å². The molecule has 0 spiro atoms. The van der Waals surface area contributed by atoms with Gasteiger partial charge in [-0.2, -0.15) is 0 Å².